The van der Waals surface area contributed by atoms with Crippen LogP contribution in [0.25, 0.3) is 10.8 Å². The van der Waals surface area contributed by atoms with Crippen LogP contribution >= 0.6 is 0 Å². The molecule has 1 aromatic heterocycles. The van der Waals surface area contributed by atoms with Crippen molar-refractivity contribution in [2.75, 3.05) is 19.6 Å². The highest BCUT2D eigenvalue weighted by Gasteiger charge is 2.40. The van der Waals surface area contributed by atoms with E-state index in [0.717, 1.165) is 10.9 Å². The number of hydrogen-bond donors (Lipinski definition) is 2. The van der Waals surface area contributed by atoms with Crippen LogP contribution in [-0.4, -0.2) is 56.8 Å². The molecule has 168 valence electrons. The van der Waals surface area contributed by atoms with E-state index in [0.29, 0.717) is 30.6 Å². The fourth-order valence-corrected chi connectivity index (χ4v) is 4.63. The van der Waals surface area contributed by atoms with E-state index in [1.165, 1.54) is 17.0 Å². The Hall–Kier alpha value is -3.19. The minimum Gasteiger partial charge on any atom is -0.507 e. The van der Waals surface area contributed by atoms with Crippen LogP contribution in [0.2, 0.25) is 0 Å². The Kier molecular flexibility index (Phi) is 5.77. The molecule has 0 radical (unpaired) electrons. The van der Waals surface area contributed by atoms with E-state index in [1.54, 1.807) is 30.6 Å². The molecule has 2 aromatic carbocycles. The molecule has 1 aliphatic heterocycles. The number of amides is 1. The first-order chi connectivity index (χ1) is 15.2. The molecule has 0 spiro atoms. The van der Waals surface area contributed by atoms with Gasteiger partial charge in [0, 0.05) is 48.4 Å². The molecule has 1 aliphatic rings. The number of aromatic hydroxyl groups is 1. The second-order valence-corrected chi connectivity index (χ2v) is 9.41. The van der Waals surface area contributed by atoms with Crippen LogP contribution in [0.5, 0.6) is 5.75 Å². The van der Waals surface area contributed by atoms with E-state index in [2.05, 4.69) is 9.88 Å². The number of phenols is 1. The quantitative estimate of drug-likeness (QED) is 0.611. The molecule has 1 saturated heterocycles. The van der Waals surface area contributed by atoms with Gasteiger partial charge in [-0.05, 0) is 29.2 Å². The van der Waals surface area contributed by atoms with Crippen LogP contribution in [0.15, 0.2) is 54.9 Å². The standard InChI is InChI=1S/C25H28FN3O3/c1-25(2,3)21-15-28(12-13-29(21)24(31)32)22(16-4-7-18(26)8-5-16)20-9-6-17-14-27-11-10-19(17)23(20)30/h4-11,14,21-22,30H,12-13,15H2,1-3H3,(H,31,32). The summed E-state index contributed by atoms with van der Waals surface area (Å²) in [5.74, 6) is -0.170. The summed E-state index contributed by atoms with van der Waals surface area (Å²) in [6.45, 7) is 7.44. The average Bonchev–Trinajstić information content (AvgIpc) is 2.76. The molecule has 2 unspecified atom stereocenters. The Balaban J connectivity index is 1.82. The smallest absolute Gasteiger partial charge is 0.407 e. The highest BCUT2D eigenvalue weighted by atomic mass is 19.1. The Labute approximate surface area is 186 Å². The lowest BCUT2D eigenvalue weighted by Crippen LogP contribution is -2.59. The molecule has 0 saturated carbocycles. The zero-order valence-electron chi connectivity index (χ0n) is 18.5. The number of aromatic nitrogens is 1. The number of carboxylic acid groups (broad SMARTS) is 1. The Morgan fingerprint density at radius 1 is 1.12 bits per heavy atom. The van der Waals surface area contributed by atoms with Gasteiger partial charge in [0.1, 0.15) is 11.6 Å². The van der Waals surface area contributed by atoms with Crippen molar-refractivity contribution in [2.24, 2.45) is 5.41 Å². The molecular formula is C25H28FN3O3. The minimum absolute atomic E-state index is 0.159. The minimum atomic E-state index is -0.927. The van der Waals surface area contributed by atoms with E-state index in [1.807, 2.05) is 32.9 Å². The second-order valence-electron chi connectivity index (χ2n) is 9.41. The third-order valence-corrected chi connectivity index (χ3v) is 6.33. The lowest BCUT2D eigenvalue weighted by molar-refractivity contribution is 0.0111. The van der Waals surface area contributed by atoms with Gasteiger partial charge in [-0.3, -0.25) is 9.88 Å². The number of hydrogen-bond acceptors (Lipinski definition) is 4. The molecule has 2 N–H and O–H groups in total. The fourth-order valence-electron chi connectivity index (χ4n) is 4.63. The van der Waals surface area contributed by atoms with Crippen LogP contribution in [0.4, 0.5) is 9.18 Å². The largest absolute Gasteiger partial charge is 0.507 e. The summed E-state index contributed by atoms with van der Waals surface area (Å²) in [6, 6.07) is 11.3. The topological polar surface area (TPSA) is 76.9 Å². The predicted molar refractivity (Wildman–Crippen MR) is 121 cm³/mol. The van der Waals surface area contributed by atoms with Crippen LogP contribution in [0.1, 0.15) is 37.9 Å². The van der Waals surface area contributed by atoms with Crippen molar-refractivity contribution < 1.29 is 19.4 Å². The van der Waals surface area contributed by atoms with Gasteiger partial charge in [0.15, 0.2) is 0 Å². The van der Waals surface area contributed by atoms with Crippen LogP contribution in [0.3, 0.4) is 0 Å². The number of carbonyl (C=O) groups is 1. The summed E-state index contributed by atoms with van der Waals surface area (Å²) in [6.07, 6.45) is 2.41. The number of piperazine rings is 1. The van der Waals surface area contributed by atoms with Crippen LogP contribution < -0.4 is 0 Å². The normalized spacial score (nSPS) is 18.6. The van der Waals surface area contributed by atoms with Gasteiger partial charge in [0.25, 0.3) is 0 Å². The number of phenolic OH excluding ortho intramolecular Hbond substituents is 1. The first-order valence-electron chi connectivity index (χ1n) is 10.7. The van der Waals surface area contributed by atoms with E-state index in [4.69, 9.17) is 0 Å². The summed E-state index contributed by atoms with van der Waals surface area (Å²) in [4.78, 5) is 19.7. The average molecular weight is 438 g/mol. The first kappa shape index (κ1) is 22.0. The van der Waals surface area contributed by atoms with Crippen molar-refractivity contribution in [3.63, 3.8) is 0 Å². The summed E-state index contributed by atoms with van der Waals surface area (Å²) in [5.41, 5.74) is 1.26. The van der Waals surface area contributed by atoms with Crippen LogP contribution in [0, 0.1) is 11.2 Å². The highest BCUT2D eigenvalue weighted by Crippen LogP contribution is 2.40. The number of rotatable bonds is 3. The third-order valence-electron chi connectivity index (χ3n) is 6.33. The molecule has 32 heavy (non-hydrogen) atoms. The second kappa shape index (κ2) is 8.39. The Bertz CT molecular complexity index is 1130. The monoisotopic (exact) mass is 437 g/mol. The van der Waals surface area contributed by atoms with Crippen molar-refractivity contribution in [3.8, 4) is 5.75 Å². The molecular weight excluding hydrogens is 409 g/mol. The van der Waals surface area contributed by atoms with Gasteiger partial charge in [0.05, 0.1) is 12.1 Å². The van der Waals surface area contributed by atoms with Gasteiger partial charge in [-0.25, -0.2) is 9.18 Å². The molecule has 0 aliphatic carbocycles. The summed E-state index contributed by atoms with van der Waals surface area (Å²) < 4.78 is 13.7. The van der Waals surface area contributed by atoms with Gasteiger partial charge in [-0.1, -0.05) is 45.0 Å². The van der Waals surface area contributed by atoms with E-state index in [-0.39, 0.29) is 29.1 Å². The zero-order chi connectivity index (χ0) is 23.0. The number of halogens is 1. The van der Waals surface area contributed by atoms with Crippen molar-refractivity contribution in [3.05, 3.63) is 71.8 Å². The molecule has 2 heterocycles. The fraction of sp³-hybridized carbons (Fsp3) is 0.360. The van der Waals surface area contributed by atoms with Crippen molar-refractivity contribution in [1.29, 1.82) is 0 Å². The maximum Gasteiger partial charge on any atom is 0.407 e. The third kappa shape index (κ3) is 4.12. The molecule has 2 atom stereocenters. The van der Waals surface area contributed by atoms with E-state index >= 15 is 0 Å². The van der Waals surface area contributed by atoms with Gasteiger partial charge < -0.3 is 15.1 Å². The van der Waals surface area contributed by atoms with Gasteiger partial charge in [-0.2, -0.15) is 0 Å². The molecule has 7 heteroatoms. The van der Waals surface area contributed by atoms with Crippen molar-refractivity contribution in [1.82, 2.24) is 14.8 Å². The lowest BCUT2D eigenvalue weighted by Gasteiger charge is -2.48. The SMILES string of the molecule is CC(C)(C)C1CN(C(c2ccc(F)cc2)c2ccc3cnccc3c2O)CCN1C(=O)O. The maximum atomic E-state index is 13.7. The molecule has 4 rings (SSSR count). The molecule has 6 nitrogen and oxygen atoms in total. The van der Waals surface area contributed by atoms with Gasteiger partial charge >= 0.3 is 6.09 Å². The first-order valence-corrected chi connectivity index (χ1v) is 10.7. The predicted octanol–water partition coefficient (Wildman–Crippen LogP) is 4.88. The Morgan fingerprint density at radius 3 is 2.50 bits per heavy atom. The Morgan fingerprint density at radius 2 is 1.84 bits per heavy atom. The summed E-state index contributed by atoms with van der Waals surface area (Å²) in [5, 5.41) is 22.5. The van der Waals surface area contributed by atoms with E-state index < -0.39 is 6.09 Å². The van der Waals surface area contributed by atoms with Crippen molar-refractivity contribution >= 4 is 16.9 Å². The zero-order valence-corrected chi connectivity index (χ0v) is 18.5. The lowest BCUT2D eigenvalue weighted by atomic mass is 9.83. The molecule has 1 amide bonds. The van der Waals surface area contributed by atoms with Crippen LogP contribution in [-0.2, 0) is 0 Å². The van der Waals surface area contributed by atoms with E-state index in [9.17, 15) is 19.4 Å². The molecule has 0 bridgehead atoms. The maximum absolute atomic E-state index is 13.7. The summed E-state index contributed by atoms with van der Waals surface area (Å²) in [7, 11) is 0. The van der Waals surface area contributed by atoms with Gasteiger partial charge in [0.2, 0.25) is 0 Å². The number of nitrogens with zero attached hydrogens (tertiary/aromatic N) is 3. The molecule has 3 aromatic rings. The van der Waals surface area contributed by atoms with Crippen molar-refractivity contribution in [2.45, 2.75) is 32.9 Å². The number of fused-ring (bicyclic) bond motifs is 1. The molecule has 1 fully saturated rings. The number of benzene rings is 2. The summed E-state index contributed by atoms with van der Waals surface area (Å²) >= 11 is 0. The highest BCUT2D eigenvalue weighted by molar-refractivity contribution is 5.88. The van der Waals surface area contributed by atoms with Gasteiger partial charge in [-0.15, -0.1) is 0 Å². The number of pyridine rings is 1.